The molecule has 0 aliphatic carbocycles. The first-order valence-electron chi connectivity index (χ1n) is 5.89. The predicted octanol–water partition coefficient (Wildman–Crippen LogP) is -0.218. The summed E-state index contributed by atoms with van der Waals surface area (Å²) in [5, 5.41) is 0. The van der Waals surface area contributed by atoms with Crippen LogP contribution in [0.4, 0.5) is 0 Å². The average Bonchev–Trinajstić information content (AvgIpc) is 2.36. The van der Waals surface area contributed by atoms with Crippen molar-refractivity contribution >= 4 is 27.5 Å². The van der Waals surface area contributed by atoms with Crippen molar-refractivity contribution < 1.29 is 17.9 Å². The molecule has 0 saturated carbocycles. The lowest BCUT2D eigenvalue weighted by Gasteiger charge is -2.29. The number of halogens is 1. The minimum Gasteiger partial charge on any atom is -0.378 e. The van der Waals surface area contributed by atoms with E-state index in [4.69, 9.17) is 16.3 Å². The molecule has 1 rings (SSSR count). The molecule has 1 amide bonds. The summed E-state index contributed by atoms with van der Waals surface area (Å²) in [6, 6.07) is -0.747. The van der Waals surface area contributed by atoms with Crippen LogP contribution in [0.5, 0.6) is 0 Å². The van der Waals surface area contributed by atoms with Gasteiger partial charge in [0.15, 0.2) is 0 Å². The molecule has 8 heteroatoms. The van der Waals surface area contributed by atoms with E-state index in [0.717, 1.165) is 0 Å². The van der Waals surface area contributed by atoms with Crippen molar-refractivity contribution in [3.05, 3.63) is 0 Å². The van der Waals surface area contributed by atoms with Gasteiger partial charge in [0.05, 0.1) is 25.0 Å². The molecule has 1 N–H and O–H groups in total. The fraction of sp³-hybridized carbons (Fsp3) is 0.900. The van der Waals surface area contributed by atoms with Gasteiger partial charge in [-0.1, -0.05) is 0 Å². The zero-order chi connectivity index (χ0) is 13.6. The van der Waals surface area contributed by atoms with E-state index in [2.05, 4.69) is 4.72 Å². The summed E-state index contributed by atoms with van der Waals surface area (Å²) in [6.45, 7) is 3.56. The maximum Gasteiger partial charge on any atom is 0.240 e. The highest BCUT2D eigenvalue weighted by Crippen LogP contribution is 2.02. The van der Waals surface area contributed by atoms with Crippen molar-refractivity contribution in [1.82, 2.24) is 9.62 Å². The number of rotatable bonds is 6. The third-order valence-corrected chi connectivity index (χ3v) is 4.40. The molecule has 1 unspecified atom stereocenters. The number of ether oxygens (including phenoxy) is 1. The number of nitrogens with zero attached hydrogens (tertiary/aromatic N) is 1. The molecule has 1 atom stereocenters. The fourth-order valence-corrected chi connectivity index (χ4v) is 3.25. The maximum atomic E-state index is 12.0. The Bertz CT molecular complexity index is 368. The lowest BCUT2D eigenvalue weighted by Crippen LogP contribution is -2.50. The van der Waals surface area contributed by atoms with E-state index >= 15 is 0 Å². The van der Waals surface area contributed by atoms with Crippen LogP contribution >= 0.6 is 11.6 Å². The molecule has 1 aliphatic rings. The highest BCUT2D eigenvalue weighted by molar-refractivity contribution is 7.89. The molecular weight excluding hydrogens is 280 g/mol. The van der Waals surface area contributed by atoms with Crippen LogP contribution in [0.1, 0.15) is 13.3 Å². The molecule has 1 aliphatic heterocycles. The van der Waals surface area contributed by atoms with E-state index in [1.54, 1.807) is 11.8 Å². The summed E-state index contributed by atoms with van der Waals surface area (Å²) < 4.78 is 30.7. The molecule has 18 heavy (non-hydrogen) atoms. The van der Waals surface area contributed by atoms with Crippen LogP contribution in [-0.4, -0.2) is 63.2 Å². The minimum absolute atomic E-state index is 0.0583. The largest absolute Gasteiger partial charge is 0.378 e. The summed E-state index contributed by atoms with van der Waals surface area (Å²) in [5.41, 5.74) is 0. The Labute approximate surface area is 113 Å². The van der Waals surface area contributed by atoms with Gasteiger partial charge in [-0.2, -0.15) is 0 Å². The van der Waals surface area contributed by atoms with Gasteiger partial charge in [0, 0.05) is 19.0 Å². The van der Waals surface area contributed by atoms with E-state index in [9.17, 15) is 13.2 Å². The monoisotopic (exact) mass is 298 g/mol. The van der Waals surface area contributed by atoms with Gasteiger partial charge in [0.25, 0.3) is 0 Å². The van der Waals surface area contributed by atoms with Gasteiger partial charge in [0.1, 0.15) is 0 Å². The van der Waals surface area contributed by atoms with Crippen molar-refractivity contribution in [2.45, 2.75) is 19.4 Å². The lowest BCUT2D eigenvalue weighted by molar-refractivity contribution is -0.136. The Hall–Kier alpha value is -0.370. The number of carbonyl (C=O) groups is 1. The third-order valence-electron chi connectivity index (χ3n) is 2.60. The van der Waals surface area contributed by atoms with Crippen LogP contribution in [0.25, 0.3) is 0 Å². The van der Waals surface area contributed by atoms with Crippen molar-refractivity contribution in [1.29, 1.82) is 0 Å². The first-order valence-corrected chi connectivity index (χ1v) is 8.07. The number of morpholine rings is 1. The first kappa shape index (κ1) is 15.7. The number of sulfonamides is 1. The molecule has 1 fully saturated rings. The SMILES string of the molecule is CC(NS(=O)(=O)CCCCl)C(=O)N1CCOCC1. The summed E-state index contributed by atoms with van der Waals surface area (Å²) in [7, 11) is -3.44. The van der Waals surface area contributed by atoms with Crippen molar-refractivity contribution in [2.24, 2.45) is 0 Å². The number of amides is 1. The van der Waals surface area contributed by atoms with Crippen LogP contribution in [0, 0.1) is 0 Å². The summed E-state index contributed by atoms with van der Waals surface area (Å²) in [6.07, 6.45) is 0.370. The number of hydrogen-bond acceptors (Lipinski definition) is 4. The number of nitrogens with one attached hydrogen (secondary N) is 1. The van der Waals surface area contributed by atoms with Gasteiger partial charge >= 0.3 is 0 Å². The van der Waals surface area contributed by atoms with Crippen LogP contribution in [0.2, 0.25) is 0 Å². The zero-order valence-corrected chi connectivity index (χ0v) is 12.0. The second-order valence-corrected chi connectivity index (χ2v) is 6.39. The van der Waals surface area contributed by atoms with Crippen LogP contribution in [-0.2, 0) is 19.6 Å². The fourth-order valence-electron chi connectivity index (χ4n) is 1.68. The van der Waals surface area contributed by atoms with Gasteiger partial charge < -0.3 is 9.64 Å². The van der Waals surface area contributed by atoms with E-state index < -0.39 is 16.1 Å². The predicted molar refractivity (Wildman–Crippen MR) is 69.1 cm³/mol. The summed E-state index contributed by atoms with van der Waals surface area (Å²) in [4.78, 5) is 13.6. The van der Waals surface area contributed by atoms with Crippen molar-refractivity contribution in [2.75, 3.05) is 37.9 Å². The molecule has 0 radical (unpaired) electrons. The second kappa shape index (κ2) is 7.28. The van der Waals surface area contributed by atoms with Gasteiger partial charge in [-0.05, 0) is 13.3 Å². The number of hydrogen-bond donors (Lipinski definition) is 1. The minimum atomic E-state index is -3.44. The van der Waals surface area contributed by atoms with Crippen LogP contribution < -0.4 is 4.72 Å². The Morgan fingerprint density at radius 2 is 2.06 bits per heavy atom. The highest BCUT2D eigenvalue weighted by Gasteiger charge is 2.25. The standard InChI is InChI=1S/C10H19ClN2O4S/c1-9(12-18(15,16)8-2-3-11)10(14)13-4-6-17-7-5-13/h9,12H,2-8H2,1H3. The van der Waals surface area contributed by atoms with E-state index in [0.29, 0.717) is 32.7 Å². The number of carbonyl (C=O) groups excluding carboxylic acids is 1. The molecular formula is C10H19ClN2O4S. The maximum absolute atomic E-state index is 12.0. The highest BCUT2D eigenvalue weighted by atomic mass is 35.5. The summed E-state index contributed by atoms with van der Waals surface area (Å²) in [5.74, 6) is 0.0111. The topological polar surface area (TPSA) is 75.7 Å². The molecule has 0 aromatic carbocycles. The second-order valence-electron chi connectivity index (χ2n) is 4.14. The van der Waals surface area contributed by atoms with E-state index in [-0.39, 0.29) is 17.5 Å². The molecule has 106 valence electrons. The molecule has 6 nitrogen and oxygen atoms in total. The molecule has 1 heterocycles. The molecule has 0 aromatic rings. The lowest BCUT2D eigenvalue weighted by atomic mass is 10.3. The molecule has 0 aromatic heterocycles. The van der Waals surface area contributed by atoms with Gasteiger partial charge in [0.2, 0.25) is 15.9 Å². The average molecular weight is 299 g/mol. The third kappa shape index (κ3) is 5.09. The Morgan fingerprint density at radius 1 is 1.44 bits per heavy atom. The van der Waals surface area contributed by atoms with E-state index in [1.807, 2.05) is 0 Å². The van der Waals surface area contributed by atoms with E-state index in [1.165, 1.54) is 0 Å². The molecule has 1 saturated heterocycles. The molecule has 0 bridgehead atoms. The number of alkyl halides is 1. The quantitative estimate of drug-likeness (QED) is 0.688. The van der Waals surface area contributed by atoms with Gasteiger partial charge in [-0.25, -0.2) is 13.1 Å². The van der Waals surface area contributed by atoms with Gasteiger partial charge in [-0.3, -0.25) is 4.79 Å². The first-order chi connectivity index (χ1) is 8.46. The molecule has 0 spiro atoms. The van der Waals surface area contributed by atoms with Crippen LogP contribution in [0.15, 0.2) is 0 Å². The van der Waals surface area contributed by atoms with Gasteiger partial charge in [-0.15, -0.1) is 11.6 Å². The normalized spacial score (nSPS) is 18.7. The zero-order valence-electron chi connectivity index (χ0n) is 10.4. The Kier molecular flexibility index (Phi) is 6.34. The smallest absolute Gasteiger partial charge is 0.240 e. The Morgan fingerprint density at radius 3 is 2.61 bits per heavy atom. The van der Waals surface area contributed by atoms with Crippen LogP contribution in [0.3, 0.4) is 0 Å². The van der Waals surface area contributed by atoms with Crippen molar-refractivity contribution in [3.63, 3.8) is 0 Å². The summed E-state index contributed by atoms with van der Waals surface area (Å²) >= 11 is 5.45. The Balaban J connectivity index is 2.48. The van der Waals surface area contributed by atoms with Crippen molar-refractivity contribution in [3.8, 4) is 0 Å².